The molecule has 1 aromatic carbocycles. The van der Waals surface area contributed by atoms with Crippen LogP contribution in [-0.2, 0) is 14.3 Å². The van der Waals surface area contributed by atoms with Crippen LogP contribution in [-0.4, -0.2) is 24.4 Å². The van der Waals surface area contributed by atoms with Crippen molar-refractivity contribution in [3.05, 3.63) is 44.7 Å². The summed E-state index contributed by atoms with van der Waals surface area (Å²) in [5, 5.41) is 5.71. The third-order valence-electron chi connectivity index (χ3n) is 3.36. The second-order valence-corrected chi connectivity index (χ2v) is 7.35. The van der Waals surface area contributed by atoms with Crippen LogP contribution < -0.4 is 10.6 Å². The molecule has 0 fully saturated rings. The van der Waals surface area contributed by atoms with E-state index in [2.05, 4.69) is 26.6 Å². The molecule has 0 spiro atoms. The summed E-state index contributed by atoms with van der Waals surface area (Å²) in [6, 6.07) is 7.12. The summed E-state index contributed by atoms with van der Waals surface area (Å²) in [4.78, 5) is 36.5. The van der Waals surface area contributed by atoms with Crippen molar-refractivity contribution >= 4 is 55.7 Å². The van der Waals surface area contributed by atoms with Crippen molar-refractivity contribution in [1.82, 2.24) is 0 Å². The van der Waals surface area contributed by atoms with E-state index in [0.29, 0.717) is 10.7 Å². The Labute approximate surface area is 157 Å². The SMILES string of the molecule is CC(=O)Nc1sc(C)c(C)c1C(=O)OCC(=O)Nc1ccccc1Br. The first kappa shape index (κ1) is 19.1. The molecule has 2 N–H and O–H groups in total. The van der Waals surface area contributed by atoms with Gasteiger partial charge in [-0.15, -0.1) is 11.3 Å². The average Bonchev–Trinajstić information content (AvgIpc) is 2.81. The molecule has 0 bridgehead atoms. The Morgan fingerprint density at radius 1 is 1.16 bits per heavy atom. The van der Waals surface area contributed by atoms with Crippen LogP contribution in [0, 0.1) is 13.8 Å². The topological polar surface area (TPSA) is 84.5 Å². The standard InChI is InChI=1S/C17H17BrN2O4S/c1-9-10(2)25-16(19-11(3)21)15(9)17(23)24-8-14(22)20-13-7-5-4-6-12(13)18/h4-7H,8H2,1-3H3,(H,19,21)(H,20,22). The van der Waals surface area contributed by atoms with Gasteiger partial charge in [0, 0.05) is 16.3 Å². The van der Waals surface area contributed by atoms with Gasteiger partial charge in [-0.3, -0.25) is 9.59 Å². The number of halogens is 1. The fourth-order valence-electron chi connectivity index (χ4n) is 2.07. The first-order valence-corrected chi connectivity index (χ1v) is 8.99. The number of hydrogen-bond acceptors (Lipinski definition) is 5. The van der Waals surface area contributed by atoms with E-state index in [-0.39, 0.29) is 11.5 Å². The maximum atomic E-state index is 12.3. The van der Waals surface area contributed by atoms with Crippen LogP contribution in [0.25, 0.3) is 0 Å². The van der Waals surface area contributed by atoms with Crippen LogP contribution in [0.15, 0.2) is 28.7 Å². The molecule has 0 saturated carbocycles. The summed E-state index contributed by atoms with van der Waals surface area (Å²) in [7, 11) is 0. The highest BCUT2D eigenvalue weighted by Crippen LogP contribution is 2.33. The zero-order valence-corrected chi connectivity index (χ0v) is 16.3. The van der Waals surface area contributed by atoms with Gasteiger partial charge >= 0.3 is 5.97 Å². The van der Waals surface area contributed by atoms with Crippen molar-refractivity contribution in [3.63, 3.8) is 0 Å². The lowest BCUT2D eigenvalue weighted by Gasteiger charge is -2.09. The molecular formula is C17H17BrN2O4S. The van der Waals surface area contributed by atoms with Gasteiger partial charge in [0.15, 0.2) is 6.61 Å². The molecule has 0 unspecified atom stereocenters. The van der Waals surface area contributed by atoms with E-state index in [0.717, 1.165) is 14.9 Å². The van der Waals surface area contributed by atoms with E-state index < -0.39 is 18.5 Å². The summed E-state index contributed by atoms with van der Waals surface area (Å²) in [6.45, 7) is 4.56. The number of nitrogens with one attached hydrogen (secondary N) is 2. The minimum Gasteiger partial charge on any atom is -0.452 e. The smallest absolute Gasteiger partial charge is 0.341 e. The zero-order chi connectivity index (χ0) is 18.6. The van der Waals surface area contributed by atoms with Crippen molar-refractivity contribution < 1.29 is 19.1 Å². The van der Waals surface area contributed by atoms with Gasteiger partial charge in [0.25, 0.3) is 5.91 Å². The predicted octanol–water partition coefficient (Wildman–Crippen LogP) is 3.88. The second kappa shape index (κ2) is 8.26. The first-order chi connectivity index (χ1) is 11.8. The number of ether oxygens (including phenoxy) is 1. The number of esters is 1. The molecule has 6 nitrogen and oxygen atoms in total. The Bertz CT molecular complexity index is 832. The maximum Gasteiger partial charge on any atom is 0.341 e. The van der Waals surface area contributed by atoms with Gasteiger partial charge in [-0.2, -0.15) is 0 Å². The number of thiophene rings is 1. The van der Waals surface area contributed by atoms with Gasteiger partial charge in [-0.05, 0) is 47.5 Å². The number of aryl methyl sites for hydroxylation is 1. The van der Waals surface area contributed by atoms with Crippen LogP contribution in [0.2, 0.25) is 0 Å². The van der Waals surface area contributed by atoms with Gasteiger partial charge in [-0.1, -0.05) is 12.1 Å². The molecule has 0 radical (unpaired) electrons. The summed E-state index contributed by atoms with van der Waals surface area (Å²) in [5.41, 5.74) is 1.60. The Balaban J connectivity index is 2.04. The van der Waals surface area contributed by atoms with E-state index in [9.17, 15) is 14.4 Å². The minimum absolute atomic E-state index is 0.276. The summed E-state index contributed by atoms with van der Waals surface area (Å²) in [6.07, 6.45) is 0. The number of anilines is 2. The number of carbonyl (C=O) groups excluding carboxylic acids is 3. The quantitative estimate of drug-likeness (QED) is 0.713. The monoisotopic (exact) mass is 424 g/mol. The van der Waals surface area contributed by atoms with Crippen molar-refractivity contribution in [2.75, 3.05) is 17.2 Å². The van der Waals surface area contributed by atoms with Crippen LogP contribution in [0.3, 0.4) is 0 Å². The van der Waals surface area contributed by atoms with E-state index in [4.69, 9.17) is 4.74 Å². The van der Waals surface area contributed by atoms with Crippen LogP contribution >= 0.6 is 27.3 Å². The molecule has 0 saturated heterocycles. The second-order valence-electron chi connectivity index (χ2n) is 5.27. The molecule has 0 aliphatic rings. The molecular weight excluding hydrogens is 408 g/mol. The van der Waals surface area contributed by atoms with Crippen molar-refractivity contribution in [2.24, 2.45) is 0 Å². The van der Waals surface area contributed by atoms with Crippen LogP contribution in [0.5, 0.6) is 0 Å². The fourth-order valence-corrected chi connectivity index (χ4v) is 3.55. The molecule has 0 aliphatic heterocycles. The van der Waals surface area contributed by atoms with Gasteiger partial charge in [0.05, 0.1) is 11.3 Å². The van der Waals surface area contributed by atoms with Crippen molar-refractivity contribution in [2.45, 2.75) is 20.8 Å². The number of hydrogen-bond donors (Lipinski definition) is 2. The fraction of sp³-hybridized carbons (Fsp3) is 0.235. The number of benzene rings is 1. The third kappa shape index (κ3) is 4.90. The Morgan fingerprint density at radius 2 is 1.84 bits per heavy atom. The van der Waals surface area contributed by atoms with Crippen molar-refractivity contribution in [3.8, 4) is 0 Å². The first-order valence-electron chi connectivity index (χ1n) is 7.38. The number of amides is 2. The summed E-state index contributed by atoms with van der Waals surface area (Å²) < 4.78 is 5.84. The molecule has 25 heavy (non-hydrogen) atoms. The molecule has 2 rings (SSSR count). The third-order valence-corrected chi connectivity index (χ3v) is 5.18. The number of rotatable bonds is 5. The highest BCUT2D eigenvalue weighted by Gasteiger charge is 2.22. The maximum absolute atomic E-state index is 12.3. The molecule has 0 aliphatic carbocycles. The molecule has 1 aromatic heterocycles. The normalized spacial score (nSPS) is 10.2. The van der Waals surface area contributed by atoms with Crippen LogP contribution in [0.1, 0.15) is 27.7 Å². The molecule has 132 valence electrons. The lowest BCUT2D eigenvalue weighted by Crippen LogP contribution is -2.21. The molecule has 0 atom stereocenters. The minimum atomic E-state index is -0.645. The lowest BCUT2D eigenvalue weighted by atomic mass is 10.1. The summed E-state index contributed by atoms with van der Waals surface area (Å²) in [5.74, 6) is -1.37. The highest BCUT2D eigenvalue weighted by atomic mass is 79.9. The number of para-hydroxylation sites is 1. The average molecular weight is 425 g/mol. The molecule has 8 heteroatoms. The van der Waals surface area contributed by atoms with E-state index in [1.54, 1.807) is 25.1 Å². The Kier molecular flexibility index (Phi) is 6.33. The summed E-state index contributed by atoms with van der Waals surface area (Å²) >= 11 is 4.62. The van der Waals surface area contributed by atoms with Crippen LogP contribution in [0.4, 0.5) is 10.7 Å². The predicted molar refractivity (Wildman–Crippen MR) is 101 cm³/mol. The Morgan fingerprint density at radius 3 is 2.48 bits per heavy atom. The van der Waals surface area contributed by atoms with Gasteiger partial charge in [0.2, 0.25) is 5.91 Å². The van der Waals surface area contributed by atoms with E-state index in [1.165, 1.54) is 18.3 Å². The molecule has 1 heterocycles. The van der Waals surface area contributed by atoms with Gasteiger partial charge in [0.1, 0.15) is 5.00 Å². The van der Waals surface area contributed by atoms with E-state index >= 15 is 0 Å². The van der Waals surface area contributed by atoms with E-state index in [1.807, 2.05) is 13.0 Å². The highest BCUT2D eigenvalue weighted by molar-refractivity contribution is 9.10. The lowest BCUT2D eigenvalue weighted by molar-refractivity contribution is -0.119. The molecule has 2 amide bonds. The molecule has 2 aromatic rings. The van der Waals surface area contributed by atoms with Crippen molar-refractivity contribution in [1.29, 1.82) is 0 Å². The Hall–Kier alpha value is -2.19. The zero-order valence-electron chi connectivity index (χ0n) is 13.9. The number of carbonyl (C=O) groups is 3. The van der Waals surface area contributed by atoms with Gasteiger partial charge < -0.3 is 15.4 Å². The van der Waals surface area contributed by atoms with Gasteiger partial charge in [-0.25, -0.2) is 4.79 Å². The largest absolute Gasteiger partial charge is 0.452 e.